The molecule has 2 unspecified atom stereocenters. The topological polar surface area (TPSA) is 15.3 Å². The summed E-state index contributed by atoms with van der Waals surface area (Å²) in [4.78, 5) is 2.71. The SMILES string of the molecule is CC1CN(CCCCc2ccccc2)C(C(C)C)CN1. The highest BCUT2D eigenvalue weighted by atomic mass is 15.2. The van der Waals surface area contributed by atoms with Crippen molar-refractivity contribution in [2.75, 3.05) is 19.6 Å². The molecule has 0 spiro atoms. The fourth-order valence-corrected chi connectivity index (χ4v) is 3.21. The zero-order valence-electron chi connectivity index (χ0n) is 13.3. The molecule has 2 nitrogen and oxygen atoms in total. The number of piperazine rings is 1. The number of nitrogens with one attached hydrogen (secondary N) is 1. The van der Waals surface area contributed by atoms with Gasteiger partial charge >= 0.3 is 0 Å². The zero-order valence-corrected chi connectivity index (χ0v) is 13.3. The third-order valence-corrected chi connectivity index (χ3v) is 4.43. The molecule has 1 saturated heterocycles. The second-order valence-electron chi connectivity index (χ2n) is 6.56. The van der Waals surface area contributed by atoms with Crippen LogP contribution in [0.15, 0.2) is 30.3 Å². The van der Waals surface area contributed by atoms with Crippen LogP contribution in [-0.2, 0) is 6.42 Å². The van der Waals surface area contributed by atoms with Crippen LogP contribution in [0.5, 0.6) is 0 Å². The molecule has 0 amide bonds. The van der Waals surface area contributed by atoms with Crippen molar-refractivity contribution in [1.82, 2.24) is 10.2 Å². The van der Waals surface area contributed by atoms with Gasteiger partial charge in [0, 0.05) is 25.2 Å². The Kier molecular flexibility index (Phi) is 6.06. The summed E-state index contributed by atoms with van der Waals surface area (Å²) < 4.78 is 0. The molecule has 0 bridgehead atoms. The summed E-state index contributed by atoms with van der Waals surface area (Å²) in [6, 6.07) is 12.2. The summed E-state index contributed by atoms with van der Waals surface area (Å²) in [5.41, 5.74) is 1.47. The molecule has 0 aromatic heterocycles. The monoisotopic (exact) mass is 274 g/mol. The Morgan fingerprint density at radius 3 is 2.65 bits per heavy atom. The molecule has 2 atom stereocenters. The molecule has 1 aromatic carbocycles. The molecule has 0 aliphatic carbocycles. The molecule has 0 saturated carbocycles. The van der Waals surface area contributed by atoms with E-state index in [9.17, 15) is 0 Å². The minimum Gasteiger partial charge on any atom is -0.311 e. The Balaban J connectivity index is 1.73. The molecule has 1 N–H and O–H groups in total. The lowest BCUT2D eigenvalue weighted by Gasteiger charge is -2.41. The highest BCUT2D eigenvalue weighted by Crippen LogP contribution is 2.16. The molecule has 1 fully saturated rings. The van der Waals surface area contributed by atoms with Crippen molar-refractivity contribution in [2.24, 2.45) is 5.92 Å². The summed E-state index contributed by atoms with van der Waals surface area (Å²) in [6.07, 6.45) is 3.83. The molecular formula is C18H30N2. The van der Waals surface area contributed by atoms with Gasteiger partial charge in [0.15, 0.2) is 0 Å². The number of hydrogen-bond donors (Lipinski definition) is 1. The van der Waals surface area contributed by atoms with Gasteiger partial charge in [-0.3, -0.25) is 4.90 Å². The van der Waals surface area contributed by atoms with Gasteiger partial charge in [-0.2, -0.15) is 0 Å². The van der Waals surface area contributed by atoms with Crippen molar-refractivity contribution < 1.29 is 0 Å². The van der Waals surface area contributed by atoms with E-state index < -0.39 is 0 Å². The van der Waals surface area contributed by atoms with Crippen LogP contribution in [0, 0.1) is 5.92 Å². The summed E-state index contributed by atoms with van der Waals surface area (Å²) in [7, 11) is 0. The molecule has 20 heavy (non-hydrogen) atoms. The van der Waals surface area contributed by atoms with Gasteiger partial charge in [0.05, 0.1) is 0 Å². The van der Waals surface area contributed by atoms with Crippen LogP contribution in [0.1, 0.15) is 39.2 Å². The van der Waals surface area contributed by atoms with Crippen molar-refractivity contribution in [3.8, 4) is 0 Å². The Morgan fingerprint density at radius 2 is 1.95 bits per heavy atom. The summed E-state index contributed by atoms with van der Waals surface area (Å²) in [5, 5.41) is 3.62. The van der Waals surface area contributed by atoms with Crippen LogP contribution in [0.25, 0.3) is 0 Å². The Labute approximate surface area is 124 Å². The third-order valence-electron chi connectivity index (χ3n) is 4.43. The molecule has 112 valence electrons. The minimum atomic E-state index is 0.638. The molecule has 1 aliphatic rings. The number of rotatable bonds is 6. The highest BCUT2D eigenvalue weighted by Gasteiger charge is 2.27. The smallest absolute Gasteiger partial charge is 0.0244 e. The van der Waals surface area contributed by atoms with Gasteiger partial charge in [-0.15, -0.1) is 0 Å². The number of benzene rings is 1. The summed E-state index contributed by atoms with van der Waals surface area (Å²) in [5.74, 6) is 0.740. The molecule has 1 heterocycles. The van der Waals surface area contributed by atoms with Crippen molar-refractivity contribution >= 4 is 0 Å². The minimum absolute atomic E-state index is 0.638. The van der Waals surface area contributed by atoms with Crippen LogP contribution >= 0.6 is 0 Å². The predicted octanol–water partition coefficient (Wildman–Crippen LogP) is 3.33. The molecule has 0 radical (unpaired) electrons. The molecule has 2 heteroatoms. The van der Waals surface area contributed by atoms with Gasteiger partial charge in [0.25, 0.3) is 0 Å². The highest BCUT2D eigenvalue weighted by molar-refractivity contribution is 5.14. The maximum absolute atomic E-state index is 3.62. The lowest BCUT2D eigenvalue weighted by molar-refractivity contribution is 0.101. The van der Waals surface area contributed by atoms with Gasteiger partial charge < -0.3 is 5.32 Å². The first kappa shape index (κ1) is 15.5. The van der Waals surface area contributed by atoms with Gasteiger partial charge in [-0.25, -0.2) is 0 Å². The van der Waals surface area contributed by atoms with Crippen molar-refractivity contribution in [3.63, 3.8) is 0 Å². The normalized spacial score (nSPS) is 24.2. The van der Waals surface area contributed by atoms with Gasteiger partial charge in [0.2, 0.25) is 0 Å². The van der Waals surface area contributed by atoms with E-state index in [1.54, 1.807) is 0 Å². The van der Waals surface area contributed by atoms with Crippen molar-refractivity contribution in [2.45, 2.75) is 52.1 Å². The number of aryl methyl sites for hydroxylation is 1. The standard InChI is InChI=1S/C18H30N2/c1-15(2)18-13-19-16(3)14-20(18)12-8-7-11-17-9-5-4-6-10-17/h4-6,9-10,15-16,18-19H,7-8,11-14H2,1-3H3. The van der Waals surface area contributed by atoms with E-state index in [2.05, 4.69) is 61.3 Å². The number of nitrogens with zero attached hydrogens (tertiary/aromatic N) is 1. The zero-order chi connectivity index (χ0) is 14.4. The van der Waals surface area contributed by atoms with E-state index in [4.69, 9.17) is 0 Å². The molecule has 1 aromatic rings. The van der Waals surface area contributed by atoms with Crippen molar-refractivity contribution in [1.29, 1.82) is 0 Å². The fourth-order valence-electron chi connectivity index (χ4n) is 3.21. The average molecular weight is 274 g/mol. The molecule has 2 rings (SSSR count). The third kappa shape index (κ3) is 4.60. The lowest BCUT2D eigenvalue weighted by atomic mass is 9.98. The predicted molar refractivity (Wildman–Crippen MR) is 87.0 cm³/mol. The number of hydrogen-bond acceptors (Lipinski definition) is 2. The summed E-state index contributed by atoms with van der Waals surface area (Å²) >= 11 is 0. The second kappa shape index (κ2) is 7.80. The van der Waals surface area contributed by atoms with Gasteiger partial charge in [-0.05, 0) is 44.2 Å². The van der Waals surface area contributed by atoms with Crippen LogP contribution in [0.3, 0.4) is 0 Å². The van der Waals surface area contributed by atoms with E-state index in [1.165, 1.54) is 37.9 Å². The lowest BCUT2D eigenvalue weighted by Crippen LogP contribution is -2.57. The quantitative estimate of drug-likeness (QED) is 0.801. The van der Waals surface area contributed by atoms with E-state index in [0.29, 0.717) is 12.1 Å². The average Bonchev–Trinajstić information content (AvgIpc) is 2.44. The van der Waals surface area contributed by atoms with Crippen LogP contribution in [0.4, 0.5) is 0 Å². The van der Waals surface area contributed by atoms with Gasteiger partial charge in [0.1, 0.15) is 0 Å². The fraction of sp³-hybridized carbons (Fsp3) is 0.667. The maximum atomic E-state index is 3.62. The molecule has 1 aliphatic heterocycles. The van der Waals surface area contributed by atoms with E-state index in [0.717, 1.165) is 12.5 Å². The van der Waals surface area contributed by atoms with E-state index in [-0.39, 0.29) is 0 Å². The Morgan fingerprint density at radius 1 is 1.20 bits per heavy atom. The first-order valence-electron chi connectivity index (χ1n) is 8.18. The first-order chi connectivity index (χ1) is 9.66. The van der Waals surface area contributed by atoms with E-state index in [1.807, 2.05) is 0 Å². The Bertz CT molecular complexity index is 374. The van der Waals surface area contributed by atoms with Crippen LogP contribution < -0.4 is 5.32 Å². The second-order valence-corrected chi connectivity index (χ2v) is 6.56. The first-order valence-corrected chi connectivity index (χ1v) is 8.18. The largest absolute Gasteiger partial charge is 0.311 e. The van der Waals surface area contributed by atoms with Gasteiger partial charge in [-0.1, -0.05) is 44.2 Å². The van der Waals surface area contributed by atoms with Crippen LogP contribution in [0.2, 0.25) is 0 Å². The number of unbranched alkanes of at least 4 members (excludes halogenated alkanes) is 1. The maximum Gasteiger partial charge on any atom is 0.0244 e. The van der Waals surface area contributed by atoms with E-state index >= 15 is 0 Å². The Hall–Kier alpha value is -0.860. The summed E-state index contributed by atoms with van der Waals surface area (Å²) in [6.45, 7) is 10.6. The van der Waals surface area contributed by atoms with Crippen molar-refractivity contribution in [3.05, 3.63) is 35.9 Å². The molecular weight excluding hydrogens is 244 g/mol. The van der Waals surface area contributed by atoms with Crippen LogP contribution in [-0.4, -0.2) is 36.6 Å².